The number of halogens is 1. The Morgan fingerprint density at radius 3 is 2.92 bits per heavy atom. The maximum Gasteiger partial charge on any atom is 0.130 e. The molecule has 2 rings (SSSR count). The highest BCUT2D eigenvalue weighted by Crippen LogP contribution is 2.30. The van der Waals surface area contributed by atoms with E-state index in [9.17, 15) is 5.11 Å². The van der Waals surface area contributed by atoms with Crippen LogP contribution in [0.25, 0.3) is 0 Å². The fourth-order valence-electron chi connectivity index (χ4n) is 1.71. The van der Waals surface area contributed by atoms with Crippen molar-refractivity contribution in [3.05, 3.63) is 27.7 Å². The van der Waals surface area contributed by atoms with Crippen LogP contribution in [0.1, 0.15) is 11.1 Å². The first-order chi connectivity index (χ1) is 6.16. The maximum absolute atomic E-state index is 9.48. The number of rotatable bonds is 0. The topological polar surface area (TPSA) is 23.5 Å². The largest absolute Gasteiger partial charge is 0.507 e. The minimum absolute atomic E-state index is 0.350. The van der Waals surface area contributed by atoms with Crippen LogP contribution in [0, 0.1) is 0 Å². The molecule has 1 aromatic rings. The van der Waals surface area contributed by atoms with E-state index < -0.39 is 0 Å². The van der Waals surface area contributed by atoms with E-state index in [0.29, 0.717) is 5.75 Å². The molecule has 1 aliphatic heterocycles. The van der Waals surface area contributed by atoms with Crippen molar-refractivity contribution in [3.8, 4) is 5.75 Å². The van der Waals surface area contributed by atoms with Crippen LogP contribution in [0.4, 0.5) is 0 Å². The Morgan fingerprint density at radius 2 is 2.15 bits per heavy atom. The Bertz CT molecular complexity index is 338. The number of hydrogen-bond acceptors (Lipinski definition) is 2. The second-order valence-electron chi connectivity index (χ2n) is 3.56. The first kappa shape index (κ1) is 9.03. The summed E-state index contributed by atoms with van der Waals surface area (Å²) in [4.78, 5) is 2.28. The number of likely N-dealkylation sites (N-methyl/N-ethyl adjacent to an activating group) is 1. The number of benzene rings is 1. The second kappa shape index (κ2) is 3.31. The molecule has 1 aliphatic rings. The van der Waals surface area contributed by atoms with Gasteiger partial charge in [-0.05, 0) is 52.7 Å². The molecule has 0 radical (unpaired) electrons. The molecule has 0 spiro atoms. The van der Waals surface area contributed by atoms with Gasteiger partial charge in [-0.3, -0.25) is 0 Å². The molecule has 0 saturated carbocycles. The summed E-state index contributed by atoms with van der Waals surface area (Å²) < 4.78 is 0.793. The van der Waals surface area contributed by atoms with Crippen LogP contribution >= 0.6 is 15.9 Å². The third-order valence-corrected chi connectivity index (χ3v) is 3.11. The van der Waals surface area contributed by atoms with E-state index >= 15 is 0 Å². The fourth-order valence-corrected chi connectivity index (χ4v) is 2.10. The number of aromatic hydroxyl groups is 1. The predicted molar refractivity (Wildman–Crippen MR) is 55.8 cm³/mol. The molecule has 0 aliphatic carbocycles. The van der Waals surface area contributed by atoms with Gasteiger partial charge in [0, 0.05) is 13.1 Å². The summed E-state index contributed by atoms with van der Waals surface area (Å²) in [6.45, 7) is 2.06. The van der Waals surface area contributed by atoms with Crippen molar-refractivity contribution >= 4 is 15.9 Å². The predicted octanol–water partition coefficient (Wildman–Crippen LogP) is 2.14. The van der Waals surface area contributed by atoms with Crippen LogP contribution in [0.3, 0.4) is 0 Å². The molecular weight excluding hydrogens is 230 g/mol. The molecule has 13 heavy (non-hydrogen) atoms. The minimum Gasteiger partial charge on any atom is -0.507 e. The van der Waals surface area contributed by atoms with Crippen molar-refractivity contribution in [2.45, 2.75) is 13.0 Å². The zero-order chi connectivity index (χ0) is 9.42. The van der Waals surface area contributed by atoms with E-state index in [1.807, 2.05) is 12.1 Å². The Kier molecular flexibility index (Phi) is 2.30. The summed E-state index contributed by atoms with van der Waals surface area (Å²) in [6, 6.07) is 3.88. The summed E-state index contributed by atoms with van der Waals surface area (Å²) >= 11 is 3.33. The Labute approximate surface area is 86.3 Å². The van der Waals surface area contributed by atoms with Crippen LogP contribution in [0.15, 0.2) is 16.6 Å². The lowest BCUT2D eigenvalue weighted by Crippen LogP contribution is -2.26. The van der Waals surface area contributed by atoms with Crippen LogP contribution in [0.2, 0.25) is 0 Å². The molecule has 0 amide bonds. The number of fused-ring (bicyclic) bond motifs is 1. The molecule has 0 bridgehead atoms. The monoisotopic (exact) mass is 241 g/mol. The molecule has 1 N–H and O–H groups in total. The van der Waals surface area contributed by atoms with Crippen LogP contribution in [0.5, 0.6) is 5.75 Å². The normalized spacial score (nSPS) is 17.1. The molecule has 0 unspecified atom stereocenters. The molecule has 1 heterocycles. The van der Waals surface area contributed by atoms with Crippen molar-refractivity contribution in [3.63, 3.8) is 0 Å². The highest BCUT2D eigenvalue weighted by molar-refractivity contribution is 9.10. The smallest absolute Gasteiger partial charge is 0.130 e. The molecule has 0 fully saturated rings. The van der Waals surface area contributed by atoms with E-state index in [1.54, 1.807) is 0 Å². The standard InChI is InChI=1S/C10H12BrNO/c1-12-3-2-7-5-10(13)9(11)4-8(7)6-12/h4-5,13H,2-3,6H2,1H3. The lowest BCUT2D eigenvalue weighted by molar-refractivity contribution is 0.312. The van der Waals surface area contributed by atoms with Crippen molar-refractivity contribution in [2.24, 2.45) is 0 Å². The number of phenolic OH excluding ortho intramolecular Hbond substituents is 1. The average Bonchev–Trinajstić information content (AvgIpc) is 2.08. The van der Waals surface area contributed by atoms with E-state index in [0.717, 1.165) is 24.0 Å². The van der Waals surface area contributed by atoms with Gasteiger partial charge in [-0.1, -0.05) is 0 Å². The Balaban J connectivity index is 2.43. The SMILES string of the molecule is CN1CCc2cc(O)c(Br)cc2C1. The van der Waals surface area contributed by atoms with E-state index in [-0.39, 0.29) is 0 Å². The van der Waals surface area contributed by atoms with Crippen LogP contribution in [-0.2, 0) is 13.0 Å². The highest BCUT2D eigenvalue weighted by Gasteiger charge is 2.14. The summed E-state index contributed by atoms with van der Waals surface area (Å²) in [6.07, 6.45) is 1.03. The second-order valence-corrected chi connectivity index (χ2v) is 4.41. The van der Waals surface area contributed by atoms with Gasteiger partial charge in [-0.2, -0.15) is 0 Å². The Hall–Kier alpha value is -0.540. The summed E-state index contributed by atoms with van der Waals surface area (Å²) in [5.41, 5.74) is 2.59. The molecular formula is C10H12BrNO. The van der Waals surface area contributed by atoms with Gasteiger partial charge in [0.2, 0.25) is 0 Å². The zero-order valence-electron chi connectivity index (χ0n) is 7.55. The third-order valence-electron chi connectivity index (χ3n) is 2.47. The van der Waals surface area contributed by atoms with Crippen molar-refractivity contribution in [1.29, 1.82) is 0 Å². The zero-order valence-corrected chi connectivity index (χ0v) is 9.13. The average molecular weight is 242 g/mol. The van der Waals surface area contributed by atoms with Gasteiger partial charge in [0.05, 0.1) is 4.47 Å². The minimum atomic E-state index is 0.350. The van der Waals surface area contributed by atoms with E-state index in [4.69, 9.17) is 0 Å². The van der Waals surface area contributed by atoms with E-state index in [1.165, 1.54) is 11.1 Å². The fraction of sp³-hybridized carbons (Fsp3) is 0.400. The third kappa shape index (κ3) is 1.71. The molecule has 0 aromatic heterocycles. The number of phenols is 1. The summed E-state index contributed by atoms with van der Waals surface area (Å²) in [7, 11) is 2.11. The summed E-state index contributed by atoms with van der Waals surface area (Å²) in [5, 5.41) is 9.48. The van der Waals surface area contributed by atoms with Crippen LogP contribution < -0.4 is 0 Å². The van der Waals surface area contributed by atoms with Gasteiger partial charge in [0.25, 0.3) is 0 Å². The first-order valence-electron chi connectivity index (χ1n) is 4.35. The number of nitrogens with zero attached hydrogens (tertiary/aromatic N) is 1. The van der Waals surface area contributed by atoms with Crippen LogP contribution in [-0.4, -0.2) is 23.6 Å². The van der Waals surface area contributed by atoms with Gasteiger partial charge in [-0.15, -0.1) is 0 Å². The number of hydrogen-bond donors (Lipinski definition) is 1. The lowest BCUT2D eigenvalue weighted by Gasteiger charge is -2.25. The first-order valence-corrected chi connectivity index (χ1v) is 5.15. The molecule has 0 saturated heterocycles. The molecule has 0 atom stereocenters. The van der Waals surface area contributed by atoms with Gasteiger partial charge in [0.1, 0.15) is 5.75 Å². The van der Waals surface area contributed by atoms with Crippen molar-refractivity contribution in [1.82, 2.24) is 4.90 Å². The Morgan fingerprint density at radius 1 is 1.38 bits per heavy atom. The van der Waals surface area contributed by atoms with E-state index in [2.05, 4.69) is 27.9 Å². The summed E-state index contributed by atoms with van der Waals surface area (Å²) in [5.74, 6) is 0.350. The quantitative estimate of drug-likeness (QED) is 0.753. The van der Waals surface area contributed by atoms with Crippen molar-refractivity contribution in [2.75, 3.05) is 13.6 Å². The van der Waals surface area contributed by atoms with Gasteiger partial charge < -0.3 is 10.0 Å². The molecule has 1 aromatic carbocycles. The molecule has 70 valence electrons. The van der Waals surface area contributed by atoms with Gasteiger partial charge >= 0.3 is 0 Å². The van der Waals surface area contributed by atoms with Gasteiger partial charge in [-0.25, -0.2) is 0 Å². The van der Waals surface area contributed by atoms with Crippen molar-refractivity contribution < 1.29 is 5.11 Å². The lowest BCUT2D eigenvalue weighted by atomic mass is 10.00. The highest BCUT2D eigenvalue weighted by atomic mass is 79.9. The molecule has 3 heteroatoms. The maximum atomic E-state index is 9.48. The molecule has 2 nitrogen and oxygen atoms in total. The van der Waals surface area contributed by atoms with Gasteiger partial charge in [0.15, 0.2) is 0 Å².